The number of benzene rings is 1. The van der Waals surface area contributed by atoms with Crippen LogP contribution in [0.1, 0.15) is 31.4 Å². The van der Waals surface area contributed by atoms with Gasteiger partial charge in [-0.1, -0.05) is 12.1 Å². The highest BCUT2D eigenvalue weighted by Crippen LogP contribution is 2.29. The number of nitrogens with one attached hydrogen (secondary N) is 2. The SMILES string of the molecule is CC1=C(C(=O)OC[C@H]2CCCO2)[C@H](c2ccc(N(C)C)cc2)NC(=O)N1. The minimum atomic E-state index is -0.544. The molecule has 2 amide bonds. The Kier molecular flexibility index (Phi) is 5.46. The second kappa shape index (κ2) is 7.78. The van der Waals surface area contributed by atoms with Crippen molar-refractivity contribution in [2.24, 2.45) is 0 Å². The highest BCUT2D eigenvalue weighted by Gasteiger charge is 2.32. The van der Waals surface area contributed by atoms with Crippen molar-refractivity contribution in [3.8, 4) is 0 Å². The molecule has 1 aromatic rings. The Morgan fingerprint density at radius 3 is 2.65 bits per heavy atom. The van der Waals surface area contributed by atoms with Crippen LogP contribution in [0.3, 0.4) is 0 Å². The van der Waals surface area contributed by atoms with Gasteiger partial charge in [0.1, 0.15) is 6.61 Å². The fraction of sp³-hybridized carbons (Fsp3) is 0.474. The van der Waals surface area contributed by atoms with E-state index < -0.39 is 12.0 Å². The molecule has 2 heterocycles. The molecule has 7 nitrogen and oxygen atoms in total. The van der Waals surface area contributed by atoms with E-state index in [-0.39, 0.29) is 18.7 Å². The predicted octanol–water partition coefficient (Wildman–Crippen LogP) is 2.10. The Morgan fingerprint density at radius 1 is 1.31 bits per heavy atom. The average molecular weight is 359 g/mol. The quantitative estimate of drug-likeness (QED) is 0.787. The summed E-state index contributed by atoms with van der Waals surface area (Å²) in [4.78, 5) is 26.6. The van der Waals surface area contributed by atoms with Crippen LogP contribution >= 0.6 is 0 Å². The van der Waals surface area contributed by atoms with Crippen molar-refractivity contribution >= 4 is 17.7 Å². The third kappa shape index (κ3) is 3.99. The van der Waals surface area contributed by atoms with Gasteiger partial charge in [-0.2, -0.15) is 0 Å². The van der Waals surface area contributed by atoms with Gasteiger partial charge in [0.25, 0.3) is 0 Å². The van der Waals surface area contributed by atoms with Crippen molar-refractivity contribution < 1.29 is 19.1 Å². The monoisotopic (exact) mass is 359 g/mol. The lowest BCUT2D eigenvalue weighted by atomic mass is 9.95. The molecule has 0 saturated carbocycles. The van der Waals surface area contributed by atoms with Crippen LogP contribution in [0, 0.1) is 0 Å². The van der Waals surface area contributed by atoms with Crippen LogP contribution in [0.25, 0.3) is 0 Å². The Labute approximate surface area is 153 Å². The summed E-state index contributed by atoms with van der Waals surface area (Å²) in [6, 6.07) is 6.85. The first-order valence-electron chi connectivity index (χ1n) is 8.80. The molecule has 0 bridgehead atoms. The molecule has 0 spiro atoms. The van der Waals surface area contributed by atoms with Gasteiger partial charge < -0.3 is 25.0 Å². The number of allylic oxidation sites excluding steroid dienone is 1. The molecular formula is C19H25N3O4. The fourth-order valence-electron chi connectivity index (χ4n) is 3.20. The van der Waals surface area contributed by atoms with Crippen molar-refractivity contribution in [2.45, 2.75) is 31.9 Å². The first-order chi connectivity index (χ1) is 12.5. The fourth-order valence-corrected chi connectivity index (χ4v) is 3.20. The number of ether oxygens (including phenoxy) is 2. The highest BCUT2D eigenvalue weighted by atomic mass is 16.6. The summed E-state index contributed by atoms with van der Waals surface area (Å²) in [6.45, 7) is 2.65. The third-order valence-corrected chi connectivity index (χ3v) is 4.66. The number of hydrogen-bond acceptors (Lipinski definition) is 5. The summed E-state index contributed by atoms with van der Waals surface area (Å²) in [7, 11) is 3.92. The smallest absolute Gasteiger partial charge is 0.338 e. The zero-order valence-corrected chi connectivity index (χ0v) is 15.4. The van der Waals surface area contributed by atoms with Gasteiger partial charge in [-0.3, -0.25) is 0 Å². The number of anilines is 1. The highest BCUT2D eigenvalue weighted by molar-refractivity contribution is 5.95. The van der Waals surface area contributed by atoms with Crippen LogP contribution in [0.5, 0.6) is 0 Å². The van der Waals surface area contributed by atoms with Gasteiger partial charge in [-0.15, -0.1) is 0 Å². The largest absolute Gasteiger partial charge is 0.459 e. The minimum absolute atomic E-state index is 0.0381. The second-order valence-corrected chi connectivity index (χ2v) is 6.79. The number of urea groups is 1. The van der Waals surface area contributed by atoms with E-state index in [4.69, 9.17) is 9.47 Å². The first-order valence-corrected chi connectivity index (χ1v) is 8.80. The molecule has 140 valence electrons. The summed E-state index contributed by atoms with van der Waals surface area (Å²) in [5.41, 5.74) is 2.79. The van der Waals surface area contributed by atoms with Crippen molar-refractivity contribution in [1.82, 2.24) is 10.6 Å². The standard InChI is InChI=1S/C19H25N3O4/c1-12-16(18(23)26-11-15-5-4-10-25-15)17(21-19(24)20-12)13-6-8-14(9-7-13)22(2)3/h6-9,15,17H,4-5,10-11H2,1-3H3,(H2,20,21,24)/t15-,17+/m1/s1. The van der Waals surface area contributed by atoms with Crippen LogP contribution in [0.4, 0.5) is 10.5 Å². The van der Waals surface area contributed by atoms with Gasteiger partial charge in [0.2, 0.25) is 0 Å². The summed E-state index contributed by atoms with van der Waals surface area (Å²) in [6.07, 6.45) is 1.85. The Bertz CT molecular complexity index is 706. The van der Waals surface area contributed by atoms with Gasteiger partial charge in [-0.25, -0.2) is 9.59 Å². The number of esters is 1. The molecule has 0 aromatic heterocycles. The van der Waals surface area contributed by atoms with Gasteiger partial charge in [-0.05, 0) is 37.5 Å². The molecule has 26 heavy (non-hydrogen) atoms. The van der Waals surface area contributed by atoms with Crippen molar-refractivity contribution in [3.63, 3.8) is 0 Å². The molecule has 1 fully saturated rings. The van der Waals surface area contributed by atoms with Crippen molar-refractivity contribution in [3.05, 3.63) is 41.1 Å². The molecule has 1 saturated heterocycles. The number of rotatable bonds is 5. The molecule has 0 radical (unpaired) electrons. The number of hydrogen-bond donors (Lipinski definition) is 2. The molecular weight excluding hydrogens is 334 g/mol. The Hall–Kier alpha value is -2.54. The molecule has 1 aromatic carbocycles. The van der Waals surface area contributed by atoms with E-state index >= 15 is 0 Å². The van der Waals surface area contributed by atoms with Crippen molar-refractivity contribution in [2.75, 3.05) is 32.2 Å². The van der Waals surface area contributed by atoms with E-state index in [0.717, 1.165) is 24.1 Å². The lowest BCUT2D eigenvalue weighted by molar-refractivity contribution is -0.142. The summed E-state index contributed by atoms with van der Waals surface area (Å²) < 4.78 is 11.0. The molecule has 2 atom stereocenters. The molecule has 7 heteroatoms. The Balaban J connectivity index is 1.80. The lowest BCUT2D eigenvalue weighted by Gasteiger charge is -2.28. The van der Waals surface area contributed by atoms with E-state index in [2.05, 4.69) is 10.6 Å². The van der Waals surface area contributed by atoms with E-state index in [9.17, 15) is 9.59 Å². The molecule has 0 aliphatic carbocycles. The molecule has 3 rings (SSSR count). The van der Waals surface area contributed by atoms with Crippen LogP contribution in [0.2, 0.25) is 0 Å². The summed E-state index contributed by atoms with van der Waals surface area (Å²) >= 11 is 0. The maximum atomic E-state index is 12.7. The number of amides is 2. The van der Waals surface area contributed by atoms with E-state index in [1.165, 1.54) is 0 Å². The lowest BCUT2D eigenvalue weighted by Crippen LogP contribution is -2.45. The second-order valence-electron chi connectivity index (χ2n) is 6.79. The van der Waals surface area contributed by atoms with Crippen LogP contribution < -0.4 is 15.5 Å². The van der Waals surface area contributed by atoms with Gasteiger partial charge in [0.15, 0.2) is 0 Å². The van der Waals surface area contributed by atoms with Crippen LogP contribution in [-0.2, 0) is 14.3 Å². The van der Waals surface area contributed by atoms with E-state index in [1.54, 1.807) is 6.92 Å². The van der Waals surface area contributed by atoms with Crippen molar-refractivity contribution in [1.29, 1.82) is 0 Å². The number of nitrogens with zero attached hydrogens (tertiary/aromatic N) is 1. The topological polar surface area (TPSA) is 79.9 Å². The first kappa shape index (κ1) is 18.3. The molecule has 2 aliphatic heterocycles. The molecule has 0 unspecified atom stereocenters. The number of carbonyl (C=O) groups excluding carboxylic acids is 2. The van der Waals surface area contributed by atoms with Gasteiger partial charge >= 0.3 is 12.0 Å². The summed E-state index contributed by atoms with van der Waals surface area (Å²) in [5.74, 6) is -0.438. The van der Waals surface area contributed by atoms with Crippen LogP contribution in [-0.4, -0.2) is 45.4 Å². The number of carbonyl (C=O) groups is 2. The minimum Gasteiger partial charge on any atom is -0.459 e. The van der Waals surface area contributed by atoms with Gasteiger partial charge in [0.05, 0.1) is 17.7 Å². The normalized spacial score (nSPS) is 22.7. The molecule has 2 aliphatic rings. The van der Waals surface area contributed by atoms with Crippen LogP contribution in [0.15, 0.2) is 35.5 Å². The van der Waals surface area contributed by atoms with E-state index in [1.807, 2.05) is 43.3 Å². The zero-order valence-electron chi connectivity index (χ0n) is 15.4. The predicted molar refractivity (Wildman–Crippen MR) is 97.8 cm³/mol. The molecule has 2 N–H and O–H groups in total. The Morgan fingerprint density at radius 2 is 2.04 bits per heavy atom. The zero-order chi connectivity index (χ0) is 18.7. The maximum Gasteiger partial charge on any atom is 0.338 e. The van der Waals surface area contributed by atoms with E-state index in [0.29, 0.717) is 17.9 Å². The van der Waals surface area contributed by atoms with Gasteiger partial charge in [0, 0.05) is 32.1 Å². The average Bonchev–Trinajstić information content (AvgIpc) is 3.12. The maximum absolute atomic E-state index is 12.7. The third-order valence-electron chi connectivity index (χ3n) is 4.66. The summed E-state index contributed by atoms with van der Waals surface area (Å²) in [5, 5.41) is 5.47.